The molecule has 2 aliphatic rings. The number of rotatable bonds is 10. The maximum Gasteiger partial charge on any atom is 0.221 e. The van der Waals surface area contributed by atoms with Crippen LogP contribution in [-0.2, 0) is 31.1 Å². The topological polar surface area (TPSA) is 134 Å². The van der Waals surface area contributed by atoms with Gasteiger partial charge in [-0.15, -0.1) is 0 Å². The van der Waals surface area contributed by atoms with Gasteiger partial charge in [0.25, 0.3) is 0 Å². The zero-order valence-corrected chi connectivity index (χ0v) is 24.6. The average Bonchev–Trinajstić information content (AvgIpc) is 3.58. The van der Waals surface area contributed by atoms with Crippen LogP contribution >= 0.6 is 0 Å². The first-order valence-electron chi connectivity index (χ1n) is 13.9. The Morgan fingerprint density at radius 2 is 1.73 bits per heavy atom. The summed E-state index contributed by atoms with van der Waals surface area (Å²) < 4.78 is 52.0. The molecule has 0 saturated carbocycles. The lowest BCUT2D eigenvalue weighted by molar-refractivity contribution is -0.117. The molecule has 1 amide bonds. The Morgan fingerprint density at radius 3 is 2.40 bits per heavy atom. The second-order valence-corrected chi connectivity index (χ2v) is 15.2. The van der Waals surface area contributed by atoms with Gasteiger partial charge in [0.1, 0.15) is 0 Å². The number of H-pyrrole nitrogens is 1. The van der Waals surface area contributed by atoms with E-state index in [0.29, 0.717) is 32.4 Å². The Morgan fingerprint density at radius 1 is 1.00 bits per heavy atom. The second-order valence-electron chi connectivity index (χ2n) is 11.1. The fourth-order valence-corrected chi connectivity index (χ4v) is 8.30. The third-order valence-corrected chi connectivity index (χ3v) is 11.3. The summed E-state index contributed by atoms with van der Waals surface area (Å²) in [4.78, 5) is 17.8. The molecule has 0 unspecified atom stereocenters. The molecule has 3 heterocycles. The number of aromatic amines is 1. The third kappa shape index (κ3) is 6.43. The Hall–Kier alpha value is -2.73. The van der Waals surface area contributed by atoms with Crippen LogP contribution < -0.4 is 5.73 Å². The van der Waals surface area contributed by atoms with Crippen molar-refractivity contribution in [2.24, 2.45) is 5.73 Å². The van der Waals surface area contributed by atoms with E-state index in [1.165, 1.54) is 19.1 Å². The van der Waals surface area contributed by atoms with Crippen LogP contribution in [0.25, 0.3) is 22.0 Å². The lowest BCUT2D eigenvalue weighted by Crippen LogP contribution is -2.39. The van der Waals surface area contributed by atoms with Crippen LogP contribution in [0.15, 0.2) is 47.5 Å². The van der Waals surface area contributed by atoms with E-state index < -0.39 is 25.8 Å². The molecule has 11 heteroatoms. The number of carbonyl (C=O) groups is 1. The smallest absolute Gasteiger partial charge is 0.221 e. The van der Waals surface area contributed by atoms with Crippen molar-refractivity contribution in [1.82, 2.24) is 14.2 Å². The predicted molar refractivity (Wildman–Crippen MR) is 157 cm³/mol. The third-order valence-electron chi connectivity index (χ3n) is 8.23. The Bertz CT molecular complexity index is 1600. The van der Waals surface area contributed by atoms with Gasteiger partial charge in [0, 0.05) is 36.4 Å². The van der Waals surface area contributed by atoms with Crippen LogP contribution in [0.4, 0.5) is 0 Å². The van der Waals surface area contributed by atoms with Gasteiger partial charge < -0.3 is 15.6 Å². The Labute approximate surface area is 236 Å². The first kappa shape index (κ1) is 28.8. The number of benzene rings is 2. The van der Waals surface area contributed by atoms with Crippen LogP contribution in [0.5, 0.6) is 0 Å². The van der Waals surface area contributed by atoms with Gasteiger partial charge in [-0.25, -0.2) is 21.1 Å². The number of piperidine rings is 1. The number of amides is 1. The lowest BCUT2D eigenvalue weighted by Gasteiger charge is -2.31. The lowest BCUT2D eigenvalue weighted by atomic mass is 9.88. The van der Waals surface area contributed by atoms with Crippen molar-refractivity contribution in [3.8, 4) is 11.1 Å². The summed E-state index contributed by atoms with van der Waals surface area (Å²) in [5.41, 5.74) is 9.75. The van der Waals surface area contributed by atoms with Crippen molar-refractivity contribution < 1.29 is 21.6 Å². The van der Waals surface area contributed by atoms with E-state index in [1.807, 2.05) is 24.4 Å². The number of aromatic nitrogens is 1. The Kier molecular flexibility index (Phi) is 8.37. The molecular formula is C29H38N4O5S2. The van der Waals surface area contributed by atoms with E-state index in [9.17, 15) is 21.6 Å². The van der Waals surface area contributed by atoms with Gasteiger partial charge in [0.15, 0.2) is 9.84 Å². The molecule has 0 aliphatic carbocycles. The number of primary amides is 1. The van der Waals surface area contributed by atoms with Crippen LogP contribution in [-0.4, -0.2) is 81.7 Å². The number of hydrogen-bond acceptors (Lipinski definition) is 6. The summed E-state index contributed by atoms with van der Waals surface area (Å²) in [5.74, 6) is -0.111. The van der Waals surface area contributed by atoms with Crippen LogP contribution in [0.1, 0.15) is 49.1 Å². The number of carbonyl (C=O) groups excluding carboxylic acids is 1. The summed E-state index contributed by atoms with van der Waals surface area (Å²) >= 11 is 0. The van der Waals surface area contributed by atoms with Gasteiger partial charge >= 0.3 is 0 Å². The largest absolute Gasteiger partial charge is 0.369 e. The number of fused-ring (bicyclic) bond motifs is 1. The van der Waals surface area contributed by atoms with Gasteiger partial charge in [-0.1, -0.05) is 12.1 Å². The van der Waals surface area contributed by atoms with Crippen molar-refractivity contribution in [2.75, 3.05) is 44.7 Å². The zero-order valence-electron chi connectivity index (χ0n) is 22.9. The maximum atomic E-state index is 13.0. The molecule has 0 bridgehead atoms. The summed E-state index contributed by atoms with van der Waals surface area (Å²) in [6.07, 6.45) is 7.66. The van der Waals surface area contributed by atoms with E-state index in [4.69, 9.17) is 5.73 Å². The summed E-state index contributed by atoms with van der Waals surface area (Å²) in [6.45, 7) is 3.94. The number of sulfonamides is 1. The fourth-order valence-electron chi connectivity index (χ4n) is 6.12. The molecule has 216 valence electrons. The first-order valence-corrected chi connectivity index (χ1v) is 17.4. The summed E-state index contributed by atoms with van der Waals surface area (Å²) in [6, 6.07) is 10.7. The molecule has 0 radical (unpaired) electrons. The van der Waals surface area contributed by atoms with Crippen molar-refractivity contribution in [3.63, 3.8) is 0 Å². The summed E-state index contributed by atoms with van der Waals surface area (Å²) in [5, 5.41) is 0.949. The molecule has 2 saturated heterocycles. The standard InChI is InChI=1S/C29H38N4O5S2/c1-39(35,36)25-7-4-6-22(17-25)23-16-24(19-28(30)34)29-26(18-23)27(20-31-29)21-8-13-33(14-9-21)40(37,38)15-5-12-32-10-2-3-11-32/h4,6-7,16-18,20-21,31H,2-3,5,8-15,19H2,1H3,(H2,30,34). The number of nitrogens with one attached hydrogen (secondary N) is 1. The summed E-state index contributed by atoms with van der Waals surface area (Å²) in [7, 11) is -6.67. The van der Waals surface area contributed by atoms with Crippen LogP contribution in [0.2, 0.25) is 0 Å². The van der Waals surface area contributed by atoms with E-state index in [2.05, 4.69) is 9.88 Å². The van der Waals surface area contributed by atoms with E-state index >= 15 is 0 Å². The highest BCUT2D eigenvalue weighted by Gasteiger charge is 2.30. The molecule has 2 fully saturated rings. The quantitative estimate of drug-likeness (QED) is 0.375. The van der Waals surface area contributed by atoms with Gasteiger partial charge in [0.05, 0.1) is 17.1 Å². The molecule has 0 spiro atoms. The van der Waals surface area contributed by atoms with Gasteiger partial charge in [0.2, 0.25) is 15.9 Å². The molecule has 2 aromatic carbocycles. The molecule has 2 aliphatic heterocycles. The minimum absolute atomic E-state index is 0.0458. The molecule has 9 nitrogen and oxygen atoms in total. The molecule has 0 atom stereocenters. The SMILES string of the molecule is CS(=O)(=O)c1cccc(-c2cc(CC(N)=O)c3[nH]cc(C4CCN(S(=O)(=O)CCCN5CCCC5)CC4)c3c2)c1. The van der Waals surface area contributed by atoms with Crippen molar-refractivity contribution >= 4 is 36.7 Å². The van der Waals surface area contributed by atoms with Crippen molar-refractivity contribution in [1.29, 1.82) is 0 Å². The average molecular weight is 587 g/mol. The highest BCUT2D eigenvalue weighted by molar-refractivity contribution is 7.90. The van der Waals surface area contributed by atoms with Crippen molar-refractivity contribution in [3.05, 3.63) is 53.7 Å². The Balaban J connectivity index is 1.37. The minimum Gasteiger partial charge on any atom is -0.369 e. The van der Waals surface area contributed by atoms with E-state index in [-0.39, 0.29) is 23.0 Å². The predicted octanol–water partition coefficient (Wildman–Crippen LogP) is 3.26. The molecule has 1 aromatic heterocycles. The maximum absolute atomic E-state index is 13.0. The number of sulfone groups is 1. The number of nitrogens with zero attached hydrogens (tertiary/aromatic N) is 2. The number of nitrogens with two attached hydrogens (primary N) is 1. The zero-order chi connectivity index (χ0) is 28.5. The fraction of sp³-hybridized carbons (Fsp3) is 0.483. The van der Waals surface area contributed by atoms with Gasteiger partial charge in [-0.3, -0.25) is 4.79 Å². The highest BCUT2D eigenvalue weighted by Crippen LogP contribution is 2.37. The molecule has 5 rings (SSSR count). The number of likely N-dealkylation sites (tertiary alicyclic amines) is 1. The van der Waals surface area contributed by atoms with E-state index in [1.54, 1.807) is 22.5 Å². The van der Waals surface area contributed by atoms with E-state index in [0.717, 1.165) is 52.8 Å². The van der Waals surface area contributed by atoms with Crippen molar-refractivity contribution in [2.45, 2.75) is 49.3 Å². The minimum atomic E-state index is -3.38. The normalized spacial score (nSPS) is 18.0. The second kappa shape index (κ2) is 11.6. The molecule has 3 aromatic rings. The first-order chi connectivity index (χ1) is 19.0. The molecular weight excluding hydrogens is 548 g/mol. The molecule has 3 N–H and O–H groups in total. The highest BCUT2D eigenvalue weighted by atomic mass is 32.2. The monoisotopic (exact) mass is 586 g/mol. The molecule has 40 heavy (non-hydrogen) atoms. The van der Waals surface area contributed by atoms with Crippen LogP contribution in [0.3, 0.4) is 0 Å². The van der Waals surface area contributed by atoms with Gasteiger partial charge in [-0.05, 0) is 104 Å². The van der Waals surface area contributed by atoms with Gasteiger partial charge in [-0.2, -0.15) is 0 Å². The van der Waals surface area contributed by atoms with Crippen LogP contribution in [0, 0.1) is 0 Å². The number of hydrogen-bond donors (Lipinski definition) is 2.